The number of phenols is 2. The van der Waals surface area contributed by atoms with E-state index in [0.29, 0.717) is 6.42 Å². The molecule has 1 aromatic carbocycles. The third-order valence-electron chi connectivity index (χ3n) is 4.35. The molecule has 0 saturated carbocycles. The minimum absolute atomic E-state index is 0.0000652. The number of hydrogen-bond acceptors (Lipinski definition) is 7. The molecular formula is C20H23NO7. The van der Waals surface area contributed by atoms with Crippen molar-refractivity contribution in [3.05, 3.63) is 29.3 Å². The molecule has 28 heavy (non-hydrogen) atoms. The summed E-state index contributed by atoms with van der Waals surface area (Å²) in [5, 5.41) is 22.2. The zero-order chi connectivity index (χ0) is 20.8. The molecule has 8 nitrogen and oxygen atoms in total. The molecule has 1 aromatic rings. The van der Waals surface area contributed by atoms with Crippen molar-refractivity contribution in [1.29, 1.82) is 0 Å². The van der Waals surface area contributed by atoms with Gasteiger partial charge in [0.2, 0.25) is 17.5 Å². The number of cyclic esters (lactones) is 1. The minimum Gasteiger partial charge on any atom is -0.508 e. The van der Waals surface area contributed by atoms with Crippen LogP contribution in [0.25, 0.3) is 6.08 Å². The number of hydrogen-bond donors (Lipinski definition) is 3. The van der Waals surface area contributed by atoms with Crippen LogP contribution < -0.4 is 5.32 Å². The number of aromatic hydroxyl groups is 2. The topological polar surface area (TPSA) is 130 Å². The predicted molar refractivity (Wildman–Crippen MR) is 99.7 cm³/mol. The van der Waals surface area contributed by atoms with Crippen molar-refractivity contribution >= 4 is 29.5 Å². The van der Waals surface area contributed by atoms with Crippen LogP contribution in [0.4, 0.5) is 0 Å². The first-order valence-electron chi connectivity index (χ1n) is 8.92. The van der Waals surface area contributed by atoms with Crippen molar-refractivity contribution in [3.63, 3.8) is 0 Å². The average Bonchev–Trinajstić information content (AvgIpc) is 2.58. The highest BCUT2D eigenvalue weighted by Crippen LogP contribution is 2.29. The van der Waals surface area contributed by atoms with E-state index in [0.717, 1.165) is 6.07 Å². The lowest BCUT2D eigenvalue weighted by molar-refractivity contribution is -0.139. The Morgan fingerprint density at radius 1 is 1.21 bits per heavy atom. The molecule has 2 atom stereocenters. The van der Waals surface area contributed by atoms with Crippen molar-refractivity contribution in [2.24, 2.45) is 5.92 Å². The van der Waals surface area contributed by atoms with Crippen molar-refractivity contribution in [3.8, 4) is 11.5 Å². The summed E-state index contributed by atoms with van der Waals surface area (Å²) < 4.78 is 5.17. The Bertz CT molecular complexity index is 828. The van der Waals surface area contributed by atoms with E-state index >= 15 is 0 Å². The van der Waals surface area contributed by atoms with Crippen LogP contribution in [0.5, 0.6) is 11.5 Å². The third kappa shape index (κ3) is 5.42. The average molecular weight is 389 g/mol. The van der Waals surface area contributed by atoms with Crippen LogP contribution in [0.15, 0.2) is 18.2 Å². The fourth-order valence-corrected chi connectivity index (χ4v) is 2.93. The van der Waals surface area contributed by atoms with Gasteiger partial charge in [-0.25, -0.2) is 4.79 Å². The molecule has 1 unspecified atom stereocenters. The minimum atomic E-state index is -1.03. The fourth-order valence-electron chi connectivity index (χ4n) is 2.93. The van der Waals surface area contributed by atoms with E-state index in [4.69, 9.17) is 4.74 Å². The number of ether oxygens (including phenoxy) is 1. The van der Waals surface area contributed by atoms with Gasteiger partial charge < -0.3 is 20.3 Å². The predicted octanol–water partition coefficient (Wildman–Crippen LogP) is 1.73. The summed E-state index contributed by atoms with van der Waals surface area (Å²) in [6.07, 6.45) is 3.22. The van der Waals surface area contributed by atoms with E-state index in [1.54, 1.807) is 6.92 Å². The Hall–Kier alpha value is -3.16. The van der Waals surface area contributed by atoms with Gasteiger partial charge in [0.25, 0.3) is 0 Å². The molecule has 0 spiro atoms. The monoisotopic (exact) mass is 389 g/mol. The first-order valence-corrected chi connectivity index (χ1v) is 8.92. The Balaban J connectivity index is 2.43. The van der Waals surface area contributed by atoms with E-state index in [9.17, 15) is 29.4 Å². The van der Waals surface area contributed by atoms with Crippen molar-refractivity contribution < 1.29 is 34.1 Å². The number of benzene rings is 1. The molecule has 3 N–H and O–H groups in total. The number of phenolic OH excluding ortho intramolecular Hbond substituents is 2. The lowest BCUT2D eigenvalue weighted by Crippen LogP contribution is -2.43. The highest BCUT2D eigenvalue weighted by atomic mass is 16.5. The maximum atomic E-state index is 12.4. The number of esters is 1. The molecule has 8 heteroatoms. The Kier molecular flexibility index (Phi) is 6.92. The molecular weight excluding hydrogens is 366 g/mol. The van der Waals surface area contributed by atoms with E-state index in [1.807, 2.05) is 0 Å². The number of Topliss-reactive ketones (excluding diaryl/α,β-unsaturated/α-hetero) is 2. The molecule has 0 radical (unpaired) electrons. The molecule has 1 amide bonds. The Morgan fingerprint density at radius 3 is 2.61 bits per heavy atom. The maximum Gasteiger partial charge on any atom is 0.342 e. The summed E-state index contributed by atoms with van der Waals surface area (Å²) in [4.78, 5) is 48.5. The molecule has 0 fully saturated rings. The van der Waals surface area contributed by atoms with Gasteiger partial charge in [0.05, 0.1) is 12.6 Å². The number of ketones is 2. The third-order valence-corrected chi connectivity index (χ3v) is 4.35. The van der Waals surface area contributed by atoms with Crippen LogP contribution in [0.2, 0.25) is 0 Å². The number of nitrogens with one attached hydrogen (secondary N) is 1. The highest BCUT2D eigenvalue weighted by Gasteiger charge is 2.27. The van der Waals surface area contributed by atoms with Gasteiger partial charge >= 0.3 is 5.97 Å². The van der Waals surface area contributed by atoms with Crippen molar-refractivity contribution in [2.75, 3.05) is 6.61 Å². The van der Waals surface area contributed by atoms with Gasteiger partial charge in [-0.2, -0.15) is 0 Å². The van der Waals surface area contributed by atoms with Crippen molar-refractivity contribution in [2.45, 2.75) is 39.2 Å². The van der Waals surface area contributed by atoms with E-state index in [1.165, 1.54) is 25.1 Å². The maximum absolute atomic E-state index is 12.4. The summed E-state index contributed by atoms with van der Waals surface area (Å²) in [5.74, 6) is -3.41. The quantitative estimate of drug-likeness (QED) is 0.492. The zero-order valence-corrected chi connectivity index (χ0v) is 15.7. The SMILES string of the molecule is CC(=O)N[C@H]1C/C=C/c2cc(O)cc(O)c2C(=O)OCCC(C)CC(=O)C1=O. The standard InChI is InChI=1S/C20H23NO7/c1-11-6-7-28-20(27)18-13(9-14(23)10-16(18)24)4-3-5-15(21-12(2)22)19(26)17(25)8-11/h3-4,9-11,15,23-24H,5-8H2,1-2H3,(H,21,22)/b4-3+/t11?,15-/m0/s1. The van der Waals surface area contributed by atoms with E-state index in [-0.39, 0.29) is 42.2 Å². The van der Waals surface area contributed by atoms with Gasteiger partial charge in [0.15, 0.2) is 0 Å². The highest BCUT2D eigenvalue weighted by molar-refractivity contribution is 6.39. The number of carbonyl (C=O) groups is 4. The van der Waals surface area contributed by atoms with Gasteiger partial charge in [-0.15, -0.1) is 0 Å². The molecule has 0 bridgehead atoms. The number of rotatable bonds is 1. The lowest BCUT2D eigenvalue weighted by atomic mass is 9.95. The summed E-state index contributed by atoms with van der Waals surface area (Å²) in [6, 6.07) is 1.27. The summed E-state index contributed by atoms with van der Waals surface area (Å²) in [6.45, 7) is 3.00. The number of carbonyl (C=O) groups excluding carboxylic acids is 4. The Labute approximate surface area is 162 Å². The summed E-state index contributed by atoms with van der Waals surface area (Å²) >= 11 is 0. The summed E-state index contributed by atoms with van der Waals surface area (Å²) in [7, 11) is 0. The van der Waals surface area contributed by atoms with Gasteiger partial charge in [-0.1, -0.05) is 19.1 Å². The second kappa shape index (κ2) is 9.16. The van der Waals surface area contributed by atoms with Gasteiger partial charge in [-0.3, -0.25) is 14.4 Å². The zero-order valence-electron chi connectivity index (χ0n) is 15.7. The van der Waals surface area contributed by atoms with Crippen LogP contribution in [-0.2, 0) is 19.1 Å². The van der Waals surface area contributed by atoms with Crippen LogP contribution >= 0.6 is 0 Å². The lowest BCUT2D eigenvalue weighted by Gasteiger charge is -2.17. The number of amides is 1. The van der Waals surface area contributed by atoms with E-state index < -0.39 is 35.2 Å². The first-order chi connectivity index (χ1) is 13.2. The normalized spacial score (nSPS) is 22.6. The molecule has 1 heterocycles. The van der Waals surface area contributed by atoms with Gasteiger partial charge in [0.1, 0.15) is 17.1 Å². The van der Waals surface area contributed by atoms with Crippen LogP contribution in [0.1, 0.15) is 49.0 Å². The Morgan fingerprint density at radius 2 is 1.93 bits per heavy atom. The molecule has 0 saturated heterocycles. The van der Waals surface area contributed by atoms with Gasteiger partial charge in [0, 0.05) is 19.4 Å². The van der Waals surface area contributed by atoms with E-state index in [2.05, 4.69) is 5.32 Å². The van der Waals surface area contributed by atoms with Crippen LogP contribution in [-0.4, -0.2) is 46.3 Å². The van der Waals surface area contributed by atoms with Crippen LogP contribution in [0.3, 0.4) is 0 Å². The van der Waals surface area contributed by atoms with Gasteiger partial charge in [-0.05, 0) is 30.4 Å². The second-order valence-corrected chi connectivity index (χ2v) is 6.84. The fraction of sp³-hybridized carbons (Fsp3) is 0.400. The molecule has 1 aliphatic heterocycles. The molecule has 2 rings (SSSR count). The first kappa shape index (κ1) is 21.1. The smallest absolute Gasteiger partial charge is 0.342 e. The molecule has 150 valence electrons. The molecule has 0 aliphatic carbocycles. The summed E-state index contributed by atoms with van der Waals surface area (Å²) in [5.41, 5.74) is 0.0743. The van der Waals surface area contributed by atoms with Crippen molar-refractivity contribution in [1.82, 2.24) is 5.32 Å². The second-order valence-electron chi connectivity index (χ2n) is 6.84. The molecule has 1 aliphatic rings. The molecule has 0 aromatic heterocycles. The number of fused-ring (bicyclic) bond motifs is 1. The van der Waals surface area contributed by atoms with Crippen LogP contribution in [0, 0.1) is 5.92 Å². The largest absolute Gasteiger partial charge is 0.508 e.